The van der Waals surface area contributed by atoms with Gasteiger partial charge in [-0.1, -0.05) is 21.6 Å². The van der Waals surface area contributed by atoms with Crippen LogP contribution in [0.5, 0.6) is 28.7 Å². The highest BCUT2D eigenvalue weighted by atomic mass is 33.1. The van der Waals surface area contributed by atoms with Gasteiger partial charge in [0, 0.05) is 17.4 Å². The van der Waals surface area contributed by atoms with Gasteiger partial charge in [-0.05, 0) is 66.6 Å². The predicted octanol–water partition coefficient (Wildman–Crippen LogP) is 3.26. The SMILES string of the molecule is COc1cc2c(cc1O)CSSC[C@H](O)[C@H](Cc1cc(OC)c(O)c(OC)c1)[C@H](O)C[C@@H](OCO)CC2. The van der Waals surface area contributed by atoms with E-state index < -0.39 is 31.0 Å². The van der Waals surface area contributed by atoms with Gasteiger partial charge in [0.05, 0.1) is 39.6 Å². The van der Waals surface area contributed by atoms with Crippen molar-refractivity contribution in [2.45, 2.75) is 49.7 Å². The van der Waals surface area contributed by atoms with Gasteiger partial charge in [0.2, 0.25) is 5.75 Å². The highest BCUT2D eigenvalue weighted by Gasteiger charge is 2.31. The van der Waals surface area contributed by atoms with Crippen LogP contribution in [0.15, 0.2) is 24.3 Å². The molecular weight excluding hydrogens is 520 g/mol. The molecule has 2 aromatic rings. The molecule has 2 aromatic carbocycles. The number of aromatic hydroxyl groups is 2. The molecule has 0 radical (unpaired) electrons. The second kappa shape index (κ2) is 14.2. The average molecular weight is 557 g/mol. The van der Waals surface area contributed by atoms with Crippen molar-refractivity contribution in [2.75, 3.05) is 33.9 Å². The Bertz CT molecular complexity index is 995. The molecule has 1 aliphatic rings. The summed E-state index contributed by atoms with van der Waals surface area (Å²) >= 11 is 0. The van der Waals surface area contributed by atoms with Crippen molar-refractivity contribution in [3.05, 3.63) is 41.0 Å². The molecule has 37 heavy (non-hydrogen) atoms. The molecule has 1 aliphatic heterocycles. The summed E-state index contributed by atoms with van der Waals surface area (Å²) < 4.78 is 21.4. The summed E-state index contributed by atoms with van der Waals surface area (Å²) in [6.45, 7) is -0.492. The van der Waals surface area contributed by atoms with Gasteiger partial charge in [-0.25, -0.2) is 0 Å². The van der Waals surface area contributed by atoms with Gasteiger partial charge in [0.1, 0.15) is 6.79 Å². The van der Waals surface area contributed by atoms with Crippen molar-refractivity contribution in [1.29, 1.82) is 0 Å². The Morgan fingerprint density at radius 2 is 1.54 bits per heavy atom. The van der Waals surface area contributed by atoms with E-state index in [0.717, 1.165) is 16.7 Å². The highest BCUT2D eigenvalue weighted by Crippen LogP contribution is 2.40. The number of phenols is 2. The molecule has 0 spiro atoms. The van der Waals surface area contributed by atoms with Crippen molar-refractivity contribution in [3.63, 3.8) is 0 Å². The normalized spacial score (nSPS) is 23.2. The Morgan fingerprint density at radius 1 is 0.865 bits per heavy atom. The molecule has 4 atom stereocenters. The molecule has 1 heterocycles. The van der Waals surface area contributed by atoms with Gasteiger partial charge in [0.25, 0.3) is 0 Å². The number of hydrogen-bond donors (Lipinski definition) is 5. The topological polar surface area (TPSA) is 138 Å². The van der Waals surface area contributed by atoms with Gasteiger partial charge in [0.15, 0.2) is 23.0 Å². The number of methoxy groups -OCH3 is 3. The Labute approximate surface area is 225 Å². The highest BCUT2D eigenvalue weighted by molar-refractivity contribution is 8.76. The van der Waals surface area contributed by atoms with Crippen LogP contribution in [0.3, 0.4) is 0 Å². The third-order valence-corrected chi connectivity index (χ3v) is 8.92. The monoisotopic (exact) mass is 556 g/mol. The van der Waals surface area contributed by atoms with Crippen molar-refractivity contribution < 1.29 is 44.5 Å². The van der Waals surface area contributed by atoms with E-state index in [1.165, 1.54) is 32.1 Å². The van der Waals surface area contributed by atoms with Crippen molar-refractivity contribution in [1.82, 2.24) is 0 Å². The van der Waals surface area contributed by atoms with Crippen LogP contribution in [0, 0.1) is 5.92 Å². The smallest absolute Gasteiger partial charge is 0.200 e. The van der Waals surface area contributed by atoms with E-state index in [2.05, 4.69) is 0 Å². The zero-order valence-corrected chi connectivity index (χ0v) is 22.9. The van der Waals surface area contributed by atoms with Crippen LogP contribution < -0.4 is 14.2 Å². The lowest BCUT2D eigenvalue weighted by molar-refractivity contribution is -0.0808. The van der Waals surface area contributed by atoms with Crippen LogP contribution in [0.4, 0.5) is 0 Å². The summed E-state index contributed by atoms with van der Waals surface area (Å²) in [4.78, 5) is 0. The fraction of sp³-hybridized carbons (Fsp3) is 0.538. The molecule has 206 valence electrons. The molecule has 9 nitrogen and oxygen atoms in total. The standard InChI is InChI=1S/C26H36O9S2/c1-32-23-10-16-4-5-18(35-14-27)11-20(28)19(22(30)13-37-36-12-17(16)9-21(23)29)6-15-7-24(33-2)26(31)25(8-15)34-3/h7-10,18-20,22,27-31H,4-6,11-14H2,1-3H3/t18-,19+,20+,22-/m0/s1. The summed E-state index contributed by atoms with van der Waals surface area (Å²) in [5.74, 6) is 1.23. The number of phenolic OH excluding ortho intramolecular Hbond substituents is 2. The second-order valence-electron chi connectivity index (χ2n) is 8.88. The molecule has 0 unspecified atom stereocenters. The average Bonchev–Trinajstić information content (AvgIpc) is 2.89. The van der Waals surface area contributed by atoms with E-state index in [-0.39, 0.29) is 29.4 Å². The van der Waals surface area contributed by atoms with Crippen LogP contribution >= 0.6 is 21.6 Å². The maximum absolute atomic E-state index is 11.3. The molecule has 0 bridgehead atoms. The zero-order chi connectivity index (χ0) is 26.9. The number of aliphatic hydroxyl groups excluding tert-OH is 3. The van der Waals surface area contributed by atoms with Gasteiger partial charge in [-0.3, -0.25) is 0 Å². The van der Waals surface area contributed by atoms with Crippen LogP contribution in [0.1, 0.15) is 29.5 Å². The Hall–Kier alpha value is -2.02. The predicted molar refractivity (Wildman–Crippen MR) is 144 cm³/mol. The van der Waals surface area contributed by atoms with Crippen LogP contribution in [-0.2, 0) is 23.3 Å². The summed E-state index contributed by atoms with van der Waals surface area (Å²) in [7, 11) is 7.43. The van der Waals surface area contributed by atoms with E-state index in [1.54, 1.807) is 29.0 Å². The lowest BCUT2D eigenvalue weighted by Gasteiger charge is -2.30. The number of hydrogen-bond acceptors (Lipinski definition) is 11. The number of rotatable bonds is 7. The first kappa shape index (κ1) is 29.5. The molecule has 0 aromatic heterocycles. The summed E-state index contributed by atoms with van der Waals surface area (Å²) in [5.41, 5.74) is 2.67. The van der Waals surface area contributed by atoms with E-state index >= 15 is 0 Å². The quantitative estimate of drug-likeness (QED) is 0.254. The number of ether oxygens (including phenoxy) is 4. The molecule has 11 heteroatoms. The Morgan fingerprint density at radius 3 is 2.16 bits per heavy atom. The van der Waals surface area contributed by atoms with Crippen LogP contribution in [0.2, 0.25) is 0 Å². The number of benzene rings is 2. The Balaban J connectivity index is 1.88. The fourth-order valence-electron chi connectivity index (χ4n) is 4.53. The van der Waals surface area contributed by atoms with Crippen molar-refractivity contribution in [3.8, 4) is 28.7 Å². The van der Waals surface area contributed by atoms with E-state index in [1.807, 2.05) is 6.07 Å². The first-order chi connectivity index (χ1) is 17.8. The van der Waals surface area contributed by atoms with Crippen molar-refractivity contribution in [2.24, 2.45) is 5.92 Å². The summed E-state index contributed by atoms with van der Waals surface area (Å²) in [6, 6.07) is 6.84. The maximum Gasteiger partial charge on any atom is 0.200 e. The van der Waals surface area contributed by atoms with E-state index in [9.17, 15) is 25.5 Å². The summed E-state index contributed by atoms with van der Waals surface area (Å²) in [5, 5.41) is 52.4. The minimum atomic E-state index is -0.933. The molecule has 0 fully saturated rings. The molecule has 0 aliphatic carbocycles. The number of aryl methyl sites for hydroxylation is 1. The van der Waals surface area contributed by atoms with Gasteiger partial charge >= 0.3 is 0 Å². The molecular formula is C26H36O9S2. The number of fused-ring (bicyclic) bond motifs is 1. The zero-order valence-electron chi connectivity index (χ0n) is 21.3. The van der Waals surface area contributed by atoms with Crippen LogP contribution in [-0.4, -0.2) is 77.7 Å². The minimum Gasteiger partial charge on any atom is -0.504 e. The molecule has 3 rings (SSSR count). The molecule has 0 saturated carbocycles. The van der Waals surface area contributed by atoms with Gasteiger partial charge in [-0.2, -0.15) is 0 Å². The molecule has 0 amide bonds. The third kappa shape index (κ3) is 7.75. The first-order valence-corrected chi connectivity index (χ1v) is 14.5. The minimum absolute atomic E-state index is 0.0644. The largest absolute Gasteiger partial charge is 0.504 e. The van der Waals surface area contributed by atoms with Crippen molar-refractivity contribution >= 4 is 21.6 Å². The fourth-order valence-corrected chi connectivity index (χ4v) is 6.83. The third-order valence-electron chi connectivity index (χ3n) is 6.59. The lowest BCUT2D eigenvalue weighted by atomic mass is 9.86. The maximum atomic E-state index is 11.3. The molecule has 5 N–H and O–H groups in total. The van der Waals surface area contributed by atoms with E-state index in [0.29, 0.717) is 36.5 Å². The second-order valence-corrected chi connectivity index (χ2v) is 11.4. The molecule has 0 saturated heterocycles. The van der Waals surface area contributed by atoms with Gasteiger partial charge in [-0.15, -0.1) is 0 Å². The lowest BCUT2D eigenvalue weighted by Crippen LogP contribution is -2.37. The van der Waals surface area contributed by atoms with Gasteiger partial charge < -0.3 is 44.5 Å². The first-order valence-electron chi connectivity index (χ1n) is 12.0. The summed E-state index contributed by atoms with van der Waals surface area (Å²) in [6.07, 6.45) is -0.634. The Kier molecular flexibility index (Phi) is 11.4. The number of aliphatic hydroxyl groups is 3. The van der Waals surface area contributed by atoms with Crippen LogP contribution in [0.25, 0.3) is 0 Å². The van der Waals surface area contributed by atoms with E-state index in [4.69, 9.17) is 18.9 Å².